The van der Waals surface area contributed by atoms with Gasteiger partial charge in [0.25, 0.3) is 0 Å². The largest absolute Gasteiger partial charge is 0.490 e. The van der Waals surface area contributed by atoms with Gasteiger partial charge in [-0.1, -0.05) is 28.9 Å². The molecular formula is C20H22BrNO3. The first kappa shape index (κ1) is 19.1. The molecule has 0 bridgehead atoms. The summed E-state index contributed by atoms with van der Waals surface area (Å²) >= 11 is 3.37. The Morgan fingerprint density at radius 3 is 2.52 bits per heavy atom. The molecule has 1 N–H and O–H groups in total. The van der Waals surface area contributed by atoms with Crippen molar-refractivity contribution < 1.29 is 14.3 Å². The van der Waals surface area contributed by atoms with Crippen LogP contribution in [0.15, 0.2) is 53.0 Å². The highest BCUT2D eigenvalue weighted by molar-refractivity contribution is 9.10. The summed E-state index contributed by atoms with van der Waals surface area (Å²) in [5.41, 5.74) is 1.62. The van der Waals surface area contributed by atoms with Crippen LogP contribution in [-0.4, -0.2) is 19.1 Å². The zero-order valence-corrected chi connectivity index (χ0v) is 16.0. The van der Waals surface area contributed by atoms with Gasteiger partial charge in [0, 0.05) is 16.2 Å². The number of carbonyl (C=O) groups is 1. The first-order valence-electron chi connectivity index (χ1n) is 8.26. The molecule has 5 heteroatoms. The van der Waals surface area contributed by atoms with Crippen LogP contribution in [0, 0.1) is 0 Å². The molecule has 4 nitrogen and oxygen atoms in total. The Kier molecular flexibility index (Phi) is 7.54. The maximum Gasteiger partial charge on any atom is 0.248 e. The van der Waals surface area contributed by atoms with Crippen molar-refractivity contribution in [1.29, 1.82) is 0 Å². The summed E-state index contributed by atoms with van der Waals surface area (Å²) in [5.74, 6) is 1.22. The van der Waals surface area contributed by atoms with E-state index in [-0.39, 0.29) is 5.91 Å². The molecule has 1 amide bonds. The maximum absolute atomic E-state index is 12.0. The molecule has 2 rings (SSSR count). The van der Waals surface area contributed by atoms with Crippen LogP contribution in [0.4, 0.5) is 5.69 Å². The van der Waals surface area contributed by atoms with Gasteiger partial charge in [0.05, 0.1) is 13.2 Å². The number of carbonyl (C=O) groups excluding carboxylic acids is 1. The summed E-state index contributed by atoms with van der Waals surface area (Å²) in [7, 11) is 0. The number of benzene rings is 2. The fourth-order valence-corrected chi connectivity index (χ4v) is 2.38. The number of ether oxygens (including phenoxy) is 2. The number of halogens is 1. The second-order valence-corrected chi connectivity index (χ2v) is 6.23. The molecule has 0 saturated carbocycles. The average molecular weight is 404 g/mol. The molecule has 0 aromatic heterocycles. The fourth-order valence-electron chi connectivity index (χ4n) is 2.12. The Balaban J connectivity index is 2.04. The molecule has 2 aromatic carbocycles. The van der Waals surface area contributed by atoms with Gasteiger partial charge in [-0.15, -0.1) is 0 Å². The minimum Gasteiger partial charge on any atom is -0.490 e. The van der Waals surface area contributed by atoms with Crippen molar-refractivity contribution in [3.63, 3.8) is 0 Å². The normalized spacial score (nSPS) is 10.7. The number of amides is 1. The molecule has 0 fully saturated rings. The second kappa shape index (κ2) is 9.89. The summed E-state index contributed by atoms with van der Waals surface area (Å²) in [5, 5.41) is 2.82. The molecule has 0 radical (unpaired) electrons. The Morgan fingerprint density at radius 2 is 1.84 bits per heavy atom. The first-order valence-corrected chi connectivity index (χ1v) is 9.06. The van der Waals surface area contributed by atoms with E-state index < -0.39 is 0 Å². The van der Waals surface area contributed by atoms with Gasteiger partial charge in [0.2, 0.25) is 5.91 Å². The third-order valence-corrected chi connectivity index (χ3v) is 3.80. The van der Waals surface area contributed by atoms with Crippen molar-refractivity contribution in [2.75, 3.05) is 18.5 Å². The van der Waals surface area contributed by atoms with Crippen LogP contribution in [0.5, 0.6) is 11.5 Å². The van der Waals surface area contributed by atoms with Crippen LogP contribution < -0.4 is 14.8 Å². The molecule has 25 heavy (non-hydrogen) atoms. The smallest absolute Gasteiger partial charge is 0.248 e. The first-order chi connectivity index (χ1) is 12.1. The Hall–Kier alpha value is -2.27. The van der Waals surface area contributed by atoms with Gasteiger partial charge < -0.3 is 14.8 Å². The van der Waals surface area contributed by atoms with Gasteiger partial charge in [-0.3, -0.25) is 4.79 Å². The van der Waals surface area contributed by atoms with Gasteiger partial charge >= 0.3 is 0 Å². The molecule has 0 aliphatic carbocycles. The Bertz CT molecular complexity index is 726. The lowest BCUT2D eigenvalue weighted by Crippen LogP contribution is -2.07. The minimum absolute atomic E-state index is 0.188. The van der Waals surface area contributed by atoms with Gasteiger partial charge in [-0.2, -0.15) is 0 Å². The van der Waals surface area contributed by atoms with Crippen molar-refractivity contribution in [2.45, 2.75) is 20.3 Å². The van der Waals surface area contributed by atoms with Crippen LogP contribution in [0.2, 0.25) is 0 Å². The molecule has 0 spiro atoms. The lowest BCUT2D eigenvalue weighted by atomic mass is 10.2. The van der Waals surface area contributed by atoms with Crippen LogP contribution in [0.3, 0.4) is 0 Å². The highest BCUT2D eigenvalue weighted by Crippen LogP contribution is 2.29. The number of rotatable bonds is 8. The lowest BCUT2D eigenvalue weighted by molar-refractivity contribution is -0.111. The van der Waals surface area contributed by atoms with Gasteiger partial charge in [0.15, 0.2) is 11.5 Å². The number of hydrogen-bond donors (Lipinski definition) is 1. The number of hydrogen-bond acceptors (Lipinski definition) is 3. The number of nitrogens with one attached hydrogen (secondary N) is 1. The van der Waals surface area contributed by atoms with Crippen molar-refractivity contribution in [3.05, 3.63) is 58.6 Å². The lowest BCUT2D eigenvalue weighted by Gasteiger charge is -2.12. The van der Waals surface area contributed by atoms with Crippen LogP contribution in [-0.2, 0) is 4.79 Å². The van der Waals surface area contributed by atoms with Crippen molar-refractivity contribution >= 4 is 33.6 Å². The highest BCUT2D eigenvalue weighted by Gasteiger charge is 2.05. The molecule has 0 aliphatic rings. The maximum atomic E-state index is 12.0. The highest BCUT2D eigenvalue weighted by atomic mass is 79.9. The molecule has 0 saturated heterocycles. The van der Waals surface area contributed by atoms with Crippen molar-refractivity contribution in [3.8, 4) is 11.5 Å². The zero-order chi connectivity index (χ0) is 18.1. The Labute approximate surface area is 157 Å². The van der Waals surface area contributed by atoms with E-state index in [1.807, 2.05) is 49.4 Å². The fraction of sp³-hybridized carbons (Fsp3) is 0.250. The van der Waals surface area contributed by atoms with E-state index in [9.17, 15) is 4.79 Å². The van der Waals surface area contributed by atoms with Gasteiger partial charge in [0.1, 0.15) is 0 Å². The quantitative estimate of drug-likeness (QED) is 0.609. The molecule has 0 unspecified atom stereocenters. The zero-order valence-electron chi connectivity index (χ0n) is 14.4. The molecule has 0 heterocycles. The van der Waals surface area contributed by atoms with E-state index >= 15 is 0 Å². The molecular weight excluding hydrogens is 382 g/mol. The SMILES string of the molecule is CCCOc1ccc(/C=C/C(=O)Nc2ccc(Br)cc2)cc1OCC. The summed E-state index contributed by atoms with van der Waals surface area (Å²) < 4.78 is 12.3. The third kappa shape index (κ3) is 6.27. The molecule has 132 valence electrons. The molecule has 2 aromatic rings. The van der Waals surface area contributed by atoms with E-state index in [4.69, 9.17) is 9.47 Å². The third-order valence-electron chi connectivity index (χ3n) is 3.27. The van der Waals surface area contributed by atoms with E-state index in [1.54, 1.807) is 6.08 Å². The van der Waals surface area contributed by atoms with Crippen molar-refractivity contribution in [2.24, 2.45) is 0 Å². The molecule has 0 atom stereocenters. The minimum atomic E-state index is -0.188. The summed E-state index contributed by atoms with van der Waals surface area (Å²) in [6, 6.07) is 13.1. The van der Waals surface area contributed by atoms with Crippen molar-refractivity contribution in [1.82, 2.24) is 0 Å². The van der Waals surface area contributed by atoms with E-state index in [1.165, 1.54) is 6.08 Å². The second-order valence-electron chi connectivity index (χ2n) is 5.32. The monoisotopic (exact) mass is 403 g/mol. The van der Waals surface area contributed by atoms with Crippen LogP contribution in [0.25, 0.3) is 6.08 Å². The summed E-state index contributed by atoms with van der Waals surface area (Å²) in [6.45, 7) is 5.18. The van der Waals surface area contributed by atoms with Gasteiger partial charge in [-0.05, 0) is 61.4 Å². The summed E-state index contributed by atoms with van der Waals surface area (Å²) in [6.07, 6.45) is 4.18. The van der Waals surface area contributed by atoms with E-state index in [2.05, 4.69) is 28.2 Å². The molecule has 0 aliphatic heterocycles. The van der Waals surface area contributed by atoms with E-state index in [0.29, 0.717) is 19.0 Å². The predicted octanol–water partition coefficient (Wildman–Crippen LogP) is 5.29. The average Bonchev–Trinajstić information content (AvgIpc) is 2.61. The van der Waals surface area contributed by atoms with E-state index in [0.717, 1.165) is 27.9 Å². The Morgan fingerprint density at radius 1 is 1.08 bits per heavy atom. The topological polar surface area (TPSA) is 47.6 Å². The predicted molar refractivity (Wildman–Crippen MR) is 105 cm³/mol. The van der Waals surface area contributed by atoms with Gasteiger partial charge in [-0.25, -0.2) is 0 Å². The standard InChI is InChI=1S/C20H22BrNO3/c1-3-13-25-18-11-5-15(14-19(18)24-4-2)6-12-20(23)22-17-9-7-16(21)8-10-17/h5-12,14H,3-4,13H2,1-2H3,(H,22,23)/b12-6+. The van der Waals surface area contributed by atoms with Crippen LogP contribution in [0.1, 0.15) is 25.8 Å². The van der Waals surface area contributed by atoms with Crippen LogP contribution >= 0.6 is 15.9 Å². The summed E-state index contributed by atoms with van der Waals surface area (Å²) in [4.78, 5) is 12.0. The number of anilines is 1.